The van der Waals surface area contributed by atoms with Gasteiger partial charge in [-0.2, -0.15) is 5.26 Å². The molecule has 1 fully saturated rings. The Balaban J connectivity index is 1.35. The van der Waals surface area contributed by atoms with Gasteiger partial charge in [-0.25, -0.2) is 0 Å². The molecule has 6 nitrogen and oxygen atoms in total. The molecule has 2 aromatic rings. The lowest BCUT2D eigenvalue weighted by Gasteiger charge is -2.31. The number of rotatable bonds is 6. The largest absolute Gasteiger partial charge is 0.492 e. The molecule has 1 saturated heterocycles. The van der Waals surface area contributed by atoms with Crippen molar-refractivity contribution in [2.45, 2.75) is 19.4 Å². The number of benzene rings is 1. The maximum atomic E-state index is 8.77. The van der Waals surface area contributed by atoms with E-state index in [1.54, 1.807) is 18.3 Å². The first-order chi connectivity index (χ1) is 11.3. The molecule has 0 aliphatic carbocycles. The lowest BCUT2D eigenvalue weighted by atomic mass is 9.97. The van der Waals surface area contributed by atoms with Crippen molar-refractivity contribution in [3.05, 3.63) is 42.2 Å². The van der Waals surface area contributed by atoms with Gasteiger partial charge < -0.3 is 4.74 Å². The predicted octanol–water partition coefficient (Wildman–Crippen LogP) is 1.94. The summed E-state index contributed by atoms with van der Waals surface area (Å²) in [7, 11) is 0. The van der Waals surface area contributed by atoms with Gasteiger partial charge in [-0.3, -0.25) is 9.58 Å². The Morgan fingerprint density at radius 3 is 2.65 bits per heavy atom. The summed E-state index contributed by atoms with van der Waals surface area (Å²) in [4.78, 5) is 2.45. The van der Waals surface area contributed by atoms with Crippen molar-refractivity contribution in [2.24, 2.45) is 5.92 Å². The number of likely N-dealkylation sites (tertiary alicyclic amines) is 1. The predicted molar refractivity (Wildman–Crippen MR) is 85.8 cm³/mol. The first-order valence-electron chi connectivity index (χ1n) is 8.03. The summed E-state index contributed by atoms with van der Waals surface area (Å²) in [6, 6.07) is 9.37. The number of nitriles is 1. The summed E-state index contributed by atoms with van der Waals surface area (Å²) < 4.78 is 7.67. The minimum absolute atomic E-state index is 0.659. The average molecular weight is 311 g/mol. The van der Waals surface area contributed by atoms with E-state index in [9.17, 15) is 0 Å². The summed E-state index contributed by atoms with van der Waals surface area (Å²) in [6.45, 7) is 4.80. The highest BCUT2D eigenvalue weighted by Crippen LogP contribution is 2.18. The van der Waals surface area contributed by atoms with Crippen LogP contribution >= 0.6 is 0 Å². The van der Waals surface area contributed by atoms with Gasteiger partial charge in [-0.15, -0.1) is 5.10 Å². The van der Waals surface area contributed by atoms with Crippen molar-refractivity contribution in [2.75, 3.05) is 26.2 Å². The zero-order valence-corrected chi connectivity index (χ0v) is 13.1. The van der Waals surface area contributed by atoms with Crippen LogP contribution in [0.25, 0.3) is 0 Å². The van der Waals surface area contributed by atoms with Gasteiger partial charge >= 0.3 is 0 Å². The van der Waals surface area contributed by atoms with Crippen LogP contribution in [0.1, 0.15) is 18.4 Å². The fraction of sp³-hybridized carbons (Fsp3) is 0.471. The standard InChI is InChI=1S/C17H21N5O/c18-13-15-1-3-17(4-2-15)23-12-11-21-8-5-16(6-9-21)14-22-10-7-19-20-22/h1-4,7,10,16H,5-6,8-9,11-12,14H2. The molecule has 0 amide bonds. The first-order valence-corrected chi connectivity index (χ1v) is 8.03. The molecule has 0 radical (unpaired) electrons. The van der Waals surface area contributed by atoms with Crippen LogP contribution in [-0.2, 0) is 6.54 Å². The lowest BCUT2D eigenvalue weighted by molar-refractivity contribution is 0.146. The molecule has 0 N–H and O–H groups in total. The fourth-order valence-electron chi connectivity index (χ4n) is 2.91. The Kier molecular flexibility index (Phi) is 5.22. The molecule has 3 rings (SSSR count). The molecule has 1 aromatic heterocycles. The Morgan fingerprint density at radius 1 is 1.22 bits per heavy atom. The molecule has 0 saturated carbocycles. The Hall–Kier alpha value is -2.39. The van der Waals surface area contributed by atoms with Gasteiger partial charge in [0, 0.05) is 19.3 Å². The van der Waals surface area contributed by atoms with E-state index in [0.717, 1.165) is 31.9 Å². The first kappa shape index (κ1) is 15.5. The van der Waals surface area contributed by atoms with Gasteiger partial charge in [-0.1, -0.05) is 5.21 Å². The lowest BCUT2D eigenvalue weighted by Crippen LogP contribution is -2.37. The van der Waals surface area contributed by atoms with Crippen molar-refractivity contribution in [1.82, 2.24) is 19.9 Å². The highest BCUT2D eigenvalue weighted by Gasteiger charge is 2.19. The van der Waals surface area contributed by atoms with E-state index in [4.69, 9.17) is 10.00 Å². The molecule has 2 heterocycles. The minimum Gasteiger partial charge on any atom is -0.492 e. The second-order valence-corrected chi connectivity index (χ2v) is 5.89. The molecule has 1 aliphatic heterocycles. The molecule has 0 atom stereocenters. The van der Waals surface area contributed by atoms with Crippen LogP contribution in [0.15, 0.2) is 36.7 Å². The van der Waals surface area contributed by atoms with E-state index in [1.165, 1.54) is 12.8 Å². The van der Waals surface area contributed by atoms with Crippen molar-refractivity contribution < 1.29 is 4.74 Å². The van der Waals surface area contributed by atoms with Crippen LogP contribution < -0.4 is 4.74 Å². The second-order valence-electron chi connectivity index (χ2n) is 5.89. The third-order valence-electron chi connectivity index (χ3n) is 4.28. The van der Waals surface area contributed by atoms with Crippen LogP contribution in [-0.4, -0.2) is 46.1 Å². The number of hydrogen-bond acceptors (Lipinski definition) is 5. The normalized spacial score (nSPS) is 16.1. The number of piperidine rings is 1. The summed E-state index contributed by atoms with van der Waals surface area (Å²) in [5.41, 5.74) is 0.659. The van der Waals surface area contributed by atoms with Gasteiger partial charge in [0.05, 0.1) is 17.8 Å². The molecule has 0 unspecified atom stereocenters. The van der Waals surface area contributed by atoms with Gasteiger partial charge in [0.25, 0.3) is 0 Å². The van der Waals surface area contributed by atoms with Crippen molar-refractivity contribution in [3.8, 4) is 11.8 Å². The second kappa shape index (κ2) is 7.75. The van der Waals surface area contributed by atoms with Gasteiger partial charge in [0.1, 0.15) is 12.4 Å². The summed E-state index contributed by atoms with van der Waals surface area (Å²) in [5, 5.41) is 16.7. The topological polar surface area (TPSA) is 67.0 Å². The molecule has 0 spiro atoms. The number of nitrogens with zero attached hydrogens (tertiary/aromatic N) is 5. The molecule has 23 heavy (non-hydrogen) atoms. The Morgan fingerprint density at radius 2 is 2.00 bits per heavy atom. The maximum Gasteiger partial charge on any atom is 0.119 e. The molecule has 120 valence electrons. The quantitative estimate of drug-likeness (QED) is 0.815. The molecule has 1 aromatic carbocycles. The summed E-state index contributed by atoms with van der Waals surface area (Å²) >= 11 is 0. The van der Waals surface area contributed by atoms with E-state index >= 15 is 0 Å². The fourth-order valence-corrected chi connectivity index (χ4v) is 2.91. The highest BCUT2D eigenvalue weighted by molar-refractivity contribution is 5.34. The average Bonchev–Trinajstić information content (AvgIpc) is 3.10. The Bertz CT molecular complexity index is 624. The number of hydrogen-bond donors (Lipinski definition) is 0. The molecular formula is C17H21N5O. The van der Waals surface area contributed by atoms with E-state index in [-0.39, 0.29) is 0 Å². The number of ether oxygens (including phenoxy) is 1. The zero-order valence-electron chi connectivity index (χ0n) is 13.1. The molecule has 1 aliphatic rings. The third kappa shape index (κ3) is 4.54. The monoisotopic (exact) mass is 311 g/mol. The van der Waals surface area contributed by atoms with E-state index in [0.29, 0.717) is 18.1 Å². The van der Waals surface area contributed by atoms with E-state index < -0.39 is 0 Å². The van der Waals surface area contributed by atoms with Crippen LogP contribution in [0.5, 0.6) is 5.75 Å². The smallest absolute Gasteiger partial charge is 0.119 e. The highest BCUT2D eigenvalue weighted by atomic mass is 16.5. The SMILES string of the molecule is N#Cc1ccc(OCCN2CCC(Cn3ccnn3)CC2)cc1. The maximum absolute atomic E-state index is 8.77. The van der Waals surface area contributed by atoms with Crippen LogP contribution in [0.4, 0.5) is 0 Å². The number of aromatic nitrogens is 3. The van der Waals surface area contributed by atoms with Crippen LogP contribution in [0.3, 0.4) is 0 Å². The van der Waals surface area contributed by atoms with Gasteiger partial charge in [0.15, 0.2) is 0 Å². The molecule has 0 bridgehead atoms. The van der Waals surface area contributed by atoms with Crippen LogP contribution in [0, 0.1) is 17.2 Å². The van der Waals surface area contributed by atoms with Crippen molar-refractivity contribution in [1.29, 1.82) is 5.26 Å². The van der Waals surface area contributed by atoms with Gasteiger partial charge in [-0.05, 0) is 56.1 Å². The summed E-state index contributed by atoms with van der Waals surface area (Å²) in [6.07, 6.45) is 6.04. The van der Waals surface area contributed by atoms with Crippen molar-refractivity contribution in [3.63, 3.8) is 0 Å². The van der Waals surface area contributed by atoms with Crippen LogP contribution in [0.2, 0.25) is 0 Å². The molecule has 6 heteroatoms. The molecular weight excluding hydrogens is 290 g/mol. The summed E-state index contributed by atoms with van der Waals surface area (Å²) in [5.74, 6) is 1.51. The van der Waals surface area contributed by atoms with E-state index in [1.807, 2.05) is 23.0 Å². The third-order valence-corrected chi connectivity index (χ3v) is 4.28. The minimum atomic E-state index is 0.659. The zero-order chi connectivity index (χ0) is 15.9. The Labute approximate surface area is 136 Å². The van der Waals surface area contributed by atoms with Gasteiger partial charge in [0.2, 0.25) is 0 Å². The van der Waals surface area contributed by atoms with Crippen molar-refractivity contribution >= 4 is 0 Å². The van der Waals surface area contributed by atoms with E-state index in [2.05, 4.69) is 21.3 Å².